The Labute approximate surface area is 110 Å². The summed E-state index contributed by atoms with van der Waals surface area (Å²) in [6.07, 6.45) is 1.70. The number of anilines is 3. The van der Waals surface area contributed by atoms with Crippen molar-refractivity contribution in [3.8, 4) is 0 Å². The molecule has 1 aromatic heterocycles. The number of urea groups is 1. The number of primary amides is 1. The van der Waals surface area contributed by atoms with Gasteiger partial charge in [-0.2, -0.15) is 0 Å². The lowest BCUT2D eigenvalue weighted by molar-refractivity contribution is 0.259. The van der Waals surface area contributed by atoms with Gasteiger partial charge in [0.05, 0.1) is 24.1 Å². The molecule has 0 bridgehead atoms. The molecule has 0 spiro atoms. The van der Waals surface area contributed by atoms with Crippen LogP contribution in [0, 0.1) is 0 Å². The fourth-order valence-corrected chi connectivity index (χ4v) is 1.45. The molecule has 98 valence electrons. The van der Waals surface area contributed by atoms with Gasteiger partial charge in [-0.25, -0.2) is 14.8 Å². The highest BCUT2D eigenvalue weighted by Crippen LogP contribution is 2.21. The summed E-state index contributed by atoms with van der Waals surface area (Å²) < 4.78 is 0. The smallest absolute Gasteiger partial charge is 0.316 e. The Hall–Kier alpha value is -2.83. The van der Waals surface area contributed by atoms with Gasteiger partial charge in [0.1, 0.15) is 0 Å². The molecule has 0 saturated heterocycles. The van der Waals surface area contributed by atoms with Gasteiger partial charge < -0.3 is 22.1 Å². The van der Waals surface area contributed by atoms with Crippen molar-refractivity contribution in [2.45, 2.75) is 6.54 Å². The van der Waals surface area contributed by atoms with E-state index in [0.29, 0.717) is 5.95 Å². The molecule has 1 aliphatic heterocycles. The SMILES string of the molecule is NC(=O)Nc1ccccc1.Nc1ncc2c(n1)CN2. The van der Waals surface area contributed by atoms with Gasteiger partial charge in [0.2, 0.25) is 5.95 Å². The van der Waals surface area contributed by atoms with Crippen LogP contribution >= 0.6 is 0 Å². The van der Waals surface area contributed by atoms with Gasteiger partial charge in [-0.15, -0.1) is 0 Å². The third-order valence-electron chi connectivity index (χ3n) is 2.37. The molecule has 1 aromatic carbocycles. The molecule has 7 heteroatoms. The normalized spacial score (nSPS) is 10.9. The molecule has 0 unspecified atom stereocenters. The third kappa shape index (κ3) is 3.56. The zero-order chi connectivity index (χ0) is 13.7. The first-order chi connectivity index (χ1) is 9.15. The highest BCUT2D eigenvalue weighted by Gasteiger charge is 2.12. The highest BCUT2D eigenvalue weighted by molar-refractivity contribution is 5.87. The van der Waals surface area contributed by atoms with Gasteiger partial charge in [0, 0.05) is 5.69 Å². The fraction of sp³-hybridized carbons (Fsp3) is 0.0833. The number of para-hydroxylation sites is 1. The number of nitrogen functional groups attached to an aromatic ring is 1. The van der Waals surface area contributed by atoms with Gasteiger partial charge >= 0.3 is 6.03 Å². The number of aromatic nitrogens is 2. The number of amides is 2. The second-order valence-corrected chi connectivity index (χ2v) is 3.80. The Kier molecular flexibility index (Phi) is 3.77. The number of carbonyl (C=O) groups is 1. The van der Waals surface area contributed by atoms with Gasteiger partial charge in [-0.3, -0.25) is 0 Å². The second-order valence-electron chi connectivity index (χ2n) is 3.80. The Morgan fingerprint density at radius 3 is 2.53 bits per heavy atom. The summed E-state index contributed by atoms with van der Waals surface area (Å²) in [4.78, 5) is 18.0. The summed E-state index contributed by atoms with van der Waals surface area (Å²) in [5, 5.41) is 5.48. The molecular weight excluding hydrogens is 244 g/mol. The minimum atomic E-state index is -0.536. The topological polar surface area (TPSA) is 119 Å². The van der Waals surface area contributed by atoms with Crippen LogP contribution in [0.5, 0.6) is 0 Å². The minimum Gasteiger partial charge on any atom is -0.377 e. The van der Waals surface area contributed by atoms with E-state index in [9.17, 15) is 4.79 Å². The summed E-state index contributed by atoms with van der Waals surface area (Å²) in [5.74, 6) is 0.357. The average molecular weight is 258 g/mol. The maximum Gasteiger partial charge on any atom is 0.316 e. The fourth-order valence-electron chi connectivity index (χ4n) is 1.45. The van der Waals surface area contributed by atoms with Crippen molar-refractivity contribution in [3.05, 3.63) is 42.2 Å². The Morgan fingerprint density at radius 1 is 1.32 bits per heavy atom. The Bertz CT molecular complexity index is 572. The predicted molar refractivity (Wildman–Crippen MR) is 73.4 cm³/mol. The Balaban J connectivity index is 0.000000141. The van der Waals surface area contributed by atoms with E-state index in [1.165, 1.54) is 0 Å². The van der Waals surface area contributed by atoms with E-state index in [2.05, 4.69) is 20.6 Å². The molecule has 2 heterocycles. The number of rotatable bonds is 1. The van der Waals surface area contributed by atoms with Crippen LogP contribution in [0.2, 0.25) is 0 Å². The third-order valence-corrected chi connectivity index (χ3v) is 2.37. The van der Waals surface area contributed by atoms with Crippen LogP contribution in [-0.4, -0.2) is 16.0 Å². The van der Waals surface area contributed by atoms with Crippen LogP contribution in [0.4, 0.5) is 22.1 Å². The maximum atomic E-state index is 10.3. The second kappa shape index (κ2) is 5.67. The highest BCUT2D eigenvalue weighted by atomic mass is 16.2. The van der Waals surface area contributed by atoms with E-state index < -0.39 is 6.03 Å². The number of benzene rings is 1. The number of nitrogens with one attached hydrogen (secondary N) is 2. The number of carbonyl (C=O) groups excluding carboxylic acids is 1. The minimum absolute atomic E-state index is 0.357. The van der Waals surface area contributed by atoms with Crippen LogP contribution in [0.25, 0.3) is 0 Å². The molecule has 3 rings (SSSR count). The number of hydrogen-bond donors (Lipinski definition) is 4. The van der Waals surface area contributed by atoms with Crippen LogP contribution in [0.15, 0.2) is 36.5 Å². The quantitative estimate of drug-likeness (QED) is 0.612. The molecule has 1 aliphatic rings. The van der Waals surface area contributed by atoms with E-state index in [1.54, 1.807) is 18.3 Å². The maximum absolute atomic E-state index is 10.3. The molecule has 0 fully saturated rings. The first kappa shape index (κ1) is 12.6. The molecule has 2 amide bonds. The summed E-state index contributed by atoms with van der Waals surface area (Å²) in [6.45, 7) is 0.821. The molecule has 0 saturated carbocycles. The van der Waals surface area contributed by atoms with E-state index in [4.69, 9.17) is 11.5 Å². The Morgan fingerprint density at radius 2 is 2.05 bits per heavy atom. The van der Waals surface area contributed by atoms with Crippen molar-refractivity contribution in [3.63, 3.8) is 0 Å². The van der Waals surface area contributed by atoms with Crippen LogP contribution < -0.4 is 22.1 Å². The zero-order valence-electron chi connectivity index (χ0n) is 10.1. The van der Waals surface area contributed by atoms with Gasteiger partial charge in [-0.05, 0) is 12.1 Å². The predicted octanol–water partition coefficient (Wildman–Crippen LogP) is 1.16. The molecular formula is C12H14N6O. The first-order valence-electron chi connectivity index (χ1n) is 5.62. The summed E-state index contributed by atoms with van der Waals surface area (Å²) in [7, 11) is 0. The van der Waals surface area contributed by atoms with Gasteiger partial charge in [-0.1, -0.05) is 18.2 Å². The number of hydrogen-bond acceptors (Lipinski definition) is 5. The lowest BCUT2D eigenvalue weighted by atomic mass is 10.2. The average Bonchev–Trinajstić information content (AvgIpc) is 2.35. The summed E-state index contributed by atoms with van der Waals surface area (Å²) in [5.41, 5.74) is 12.9. The first-order valence-corrected chi connectivity index (χ1v) is 5.62. The van der Waals surface area contributed by atoms with Crippen molar-refractivity contribution < 1.29 is 4.79 Å². The molecule has 6 N–H and O–H groups in total. The van der Waals surface area contributed by atoms with Crippen molar-refractivity contribution in [2.24, 2.45) is 5.73 Å². The van der Waals surface area contributed by atoms with Crippen molar-refractivity contribution in [1.82, 2.24) is 9.97 Å². The molecule has 7 nitrogen and oxygen atoms in total. The van der Waals surface area contributed by atoms with E-state index >= 15 is 0 Å². The van der Waals surface area contributed by atoms with Crippen LogP contribution in [0.1, 0.15) is 5.69 Å². The summed E-state index contributed by atoms with van der Waals surface area (Å²) in [6, 6.07) is 8.52. The molecule has 0 aliphatic carbocycles. The zero-order valence-corrected chi connectivity index (χ0v) is 10.1. The molecule has 2 aromatic rings. The standard InChI is InChI=1S/C7H8N2O.C5H6N4/c8-7(10)9-6-4-2-1-3-5-6;6-5-8-1-3-4(9-5)2-7-3/h1-5H,(H3,8,9,10);1,7H,2H2,(H2,6,8,9). The van der Waals surface area contributed by atoms with Crippen molar-refractivity contribution in [2.75, 3.05) is 16.4 Å². The van der Waals surface area contributed by atoms with E-state index in [-0.39, 0.29) is 0 Å². The number of nitrogens with zero attached hydrogens (tertiary/aromatic N) is 2. The monoisotopic (exact) mass is 258 g/mol. The summed E-state index contributed by atoms with van der Waals surface area (Å²) >= 11 is 0. The van der Waals surface area contributed by atoms with Gasteiger partial charge in [0.25, 0.3) is 0 Å². The van der Waals surface area contributed by atoms with E-state index in [0.717, 1.165) is 23.6 Å². The largest absolute Gasteiger partial charge is 0.377 e. The van der Waals surface area contributed by atoms with Crippen molar-refractivity contribution >= 4 is 23.4 Å². The van der Waals surface area contributed by atoms with Gasteiger partial charge in [0.15, 0.2) is 0 Å². The van der Waals surface area contributed by atoms with Crippen LogP contribution in [-0.2, 0) is 6.54 Å². The number of fused-ring (bicyclic) bond motifs is 1. The lowest BCUT2D eigenvalue weighted by Gasteiger charge is -2.18. The molecule has 19 heavy (non-hydrogen) atoms. The molecule has 0 atom stereocenters. The van der Waals surface area contributed by atoms with E-state index in [1.807, 2.05) is 18.2 Å². The van der Waals surface area contributed by atoms with Crippen molar-refractivity contribution in [1.29, 1.82) is 0 Å². The number of nitrogens with two attached hydrogens (primary N) is 2. The van der Waals surface area contributed by atoms with Crippen LogP contribution in [0.3, 0.4) is 0 Å². The lowest BCUT2D eigenvalue weighted by Crippen LogP contribution is -2.18. The molecule has 0 radical (unpaired) electrons.